The Bertz CT molecular complexity index is 1210. The van der Waals surface area contributed by atoms with Crippen molar-refractivity contribution >= 4 is 29.6 Å². The summed E-state index contributed by atoms with van der Waals surface area (Å²) in [6, 6.07) is 14.2. The maximum absolute atomic E-state index is 13.6. The number of carbonyl (C=O) groups excluding carboxylic acids is 4. The van der Waals surface area contributed by atoms with Crippen LogP contribution in [0.1, 0.15) is 42.9 Å². The van der Waals surface area contributed by atoms with Crippen molar-refractivity contribution in [2.75, 3.05) is 18.9 Å². The maximum Gasteiger partial charge on any atom is 0.325 e. The number of nitrogens with one attached hydrogen (secondary N) is 3. The van der Waals surface area contributed by atoms with E-state index in [2.05, 4.69) is 16.0 Å². The van der Waals surface area contributed by atoms with Crippen LogP contribution in [0.15, 0.2) is 48.5 Å². The van der Waals surface area contributed by atoms with Crippen LogP contribution >= 0.6 is 0 Å². The molecule has 6 amide bonds. The second-order valence-corrected chi connectivity index (χ2v) is 9.89. The molecule has 5 rings (SSSR count). The number of aryl methyl sites for hydroxylation is 1. The number of hydrogen-bond donors (Lipinski definition) is 3. The van der Waals surface area contributed by atoms with Gasteiger partial charge in [0.15, 0.2) is 0 Å². The minimum absolute atomic E-state index is 0.0332. The molecule has 1 aliphatic heterocycles. The topological polar surface area (TPSA) is 111 Å². The van der Waals surface area contributed by atoms with E-state index in [4.69, 9.17) is 0 Å². The predicted octanol–water partition coefficient (Wildman–Crippen LogP) is 2.96. The summed E-state index contributed by atoms with van der Waals surface area (Å²) < 4.78 is 0. The Labute approximate surface area is 210 Å². The number of fused-ring (bicyclic) bond motifs is 2. The Kier molecular flexibility index (Phi) is 6.15. The number of carbonyl (C=O) groups is 4. The van der Waals surface area contributed by atoms with Crippen molar-refractivity contribution in [3.8, 4) is 0 Å². The van der Waals surface area contributed by atoms with Gasteiger partial charge in [-0.05, 0) is 67.3 Å². The number of amides is 6. The molecule has 1 unspecified atom stereocenters. The summed E-state index contributed by atoms with van der Waals surface area (Å²) >= 11 is 0. The maximum atomic E-state index is 13.6. The van der Waals surface area contributed by atoms with E-state index < -0.39 is 17.5 Å². The first-order valence-electron chi connectivity index (χ1n) is 12.4. The van der Waals surface area contributed by atoms with Crippen LogP contribution in [-0.4, -0.2) is 53.3 Å². The van der Waals surface area contributed by atoms with Crippen molar-refractivity contribution in [3.05, 3.63) is 65.2 Å². The molecule has 2 fully saturated rings. The molecular formula is C27H31N5O4. The summed E-state index contributed by atoms with van der Waals surface area (Å²) in [6.45, 7) is 2.20. The van der Waals surface area contributed by atoms with E-state index in [1.54, 1.807) is 17.0 Å². The molecular weight excluding hydrogens is 458 g/mol. The zero-order valence-electron chi connectivity index (χ0n) is 20.5. The second-order valence-electron chi connectivity index (χ2n) is 9.89. The standard InChI is InChI=1S/C27H31N5O4/c1-17(19-8-9-19)31(15-18-6-4-3-5-7-18)23(33)16-32-24(34)27(30-26(32)36)13-12-20-14-21(10-11-22(20)27)29-25(35)28-2/h3-7,10-11,14,17,19H,8-9,12-13,15-16H2,1-2H3,(H,30,36)(H2,28,29,35)/t17?,27-/m0/s1. The molecule has 2 aromatic rings. The number of urea groups is 2. The number of imide groups is 1. The average molecular weight is 490 g/mol. The van der Waals surface area contributed by atoms with Crippen LogP contribution in [0.25, 0.3) is 0 Å². The van der Waals surface area contributed by atoms with Crippen molar-refractivity contribution in [3.63, 3.8) is 0 Å². The first-order chi connectivity index (χ1) is 17.3. The number of nitrogens with zero attached hydrogens (tertiary/aromatic N) is 2. The van der Waals surface area contributed by atoms with Crippen LogP contribution in [0, 0.1) is 5.92 Å². The Balaban J connectivity index is 1.35. The lowest BCUT2D eigenvalue weighted by atomic mass is 9.91. The first-order valence-corrected chi connectivity index (χ1v) is 12.4. The molecule has 1 saturated heterocycles. The number of anilines is 1. The smallest absolute Gasteiger partial charge is 0.325 e. The lowest BCUT2D eigenvalue weighted by Crippen LogP contribution is -2.47. The first kappa shape index (κ1) is 23.8. The zero-order valence-corrected chi connectivity index (χ0v) is 20.5. The van der Waals surface area contributed by atoms with E-state index in [0.29, 0.717) is 36.6 Å². The van der Waals surface area contributed by atoms with E-state index in [9.17, 15) is 19.2 Å². The summed E-state index contributed by atoms with van der Waals surface area (Å²) in [5, 5.41) is 8.12. The number of hydrogen-bond acceptors (Lipinski definition) is 4. The van der Waals surface area contributed by atoms with Crippen LogP contribution in [-0.2, 0) is 28.1 Å². The predicted molar refractivity (Wildman–Crippen MR) is 134 cm³/mol. The van der Waals surface area contributed by atoms with Gasteiger partial charge in [-0.3, -0.25) is 14.5 Å². The molecule has 9 nitrogen and oxygen atoms in total. The van der Waals surface area contributed by atoms with Crippen molar-refractivity contribution in [2.45, 2.75) is 50.7 Å². The Morgan fingerprint density at radius 3 is 2.61 bits per heavy atom. The van der Waals surface area contributed by atoms with Crippen LogP contribution < -0.4 is 16.0 Å². The number of rotatable bonds is 7. The van der Waals surface area contributed by atoms with Gasteiger partial charge in [-0.15, -0.1) is 0 Å². The SMILES string of the molecule is CNC(=O)Nc1ccc2c(c1)CC[C@]21NC(=O)N(CC(=O)N(Cc2ccccc2)C(C)C2CC2)C1=O. The van der Waals surface area contributed by atoms with Gasteiger partial charge < -0.3 is 20.9 Å². The second kappa shape index (κ2) is 9.29. The summed E-state index contributed by atoms with van der Waals surface area (Å²) in [5.41, 5.74) is 2.05. The lowest BCUT2D eigenvalue weighted by molar-refractivity contribution is -0.141. The highest BCUT2D eigenvalue weighted by Crippen LogP contribution is 2.42. The molecule has 9 heteroatoms. The summed E-state index contributed by atoms with van der Waals surface area (Å²) in [6.07, 6.45) is 3.15. The third-order valence-electron chi connectivity index (χ3n) is 7.60. The molecule has 3 N–H and O–H groups in total. The molecule has 2 aromatic carbocycles. The van der Waals surface area contributed by atoms with Crippen molar-refractivity contribution in [2.24, 2.45) is 5.92 Å². The van der Waals surface area contributed by atoms with Crippen LogP contribution in [0.4, 0.5) is 15.3 Å². The van der Waals surface area contributed by atoms with Gasteiger partial charge >= 0.3 is 12.1 Å². The third-order valence-corrected chi connectivity index (χ3v) is 7.60. The molecule has 1 spiro atoms. The van der Waals surface area contributed by atoms with Gasteiger partial charge in [-0.1, -0.05) is 36.4 Å². The van der Waals surface area contributed by atoms with Crippen molar-refractivity contribution < 1.29 is 19.2 Å². The van der Waals surface area contributed by atoms with E-state index in [1.165, 1.54) is 7.05 Å². The van der Waals surface area contributed by atoms with Gasteiger partial charge in [0.2, 0.25) is 5.91 Å². The van der Waals surface area contributed by atoms with Gasteiger partial charge in [0.1, 0.15) is 12.1 Å². The highest BCUT2D eigenvalue weighted by atomic mass is 16.2. The Morgan fingerprint density at radius 2 is 1.92 bits per heavy atom. The molecule has 2 atom stereocenters. The highest BCUT2D eigenvalue weighted by Gasteiger charge is 2.56. The van der Waals surface area contributed by atoms with Crippen LogP contribution in [0.2, 0.25) is 0 Å². The third kappa shape index (κ3) is 4.29. The molecule has 1 saturated carbocycles. The van der Waals surface area contributed by atoms with E-state index in [0.717, 1.165) is 28.9 Å². The fraction of sp³-hybridized carbons (Fsp3) is 0.407. The Hall–Kier alpha value is -3.88. The molecule has 1 heterocycles. The largest absolute Gasteiger partial charge is 0.341 e. The summed E-state index contributed by atoms with van der Waals surface area (Å²) in [5.74, 6) is -0.182. The van der Waals surface area contributed by atoms with Gasteiger partial charge in [-0.25, -0.2) is 9.59 Å². The van der Waals surface area contributed by atoms with Crippen molar-refractivity contribution in [1.29, 1.82) is 0 Å². The summed E-state index contributed by atoms with van der Waals surface area (Å²) in [7, 11) is 1.53. The van der Waals surface area contributed by atoms with Gasteiger partial charge in [-0.2, -0.15) is 0 Å². The van der Waals surface area contributed by atoms with E-state index in [1.807, 2.05) is 43.3 Å². The monoisotopic (exact) mass is 489 g/mol. The minimum atomic E-state index is -1.18. The molecule has 2 aliphatic carbocycles. The molecule has 0 radical (unpaired) electrons. The zero-order chi connectivity index (χ0) is 25.4. The van der Waals surface area contributed by atoms with Crippen LogP contribution in [0.3, 0.4) is 0 Å². The van der Waals surface area contributed by atoms with Gasteiger partial charge in [0.05, 0.1) is 0 Å². The molecule has 0 bridgehead atoms. The van der Waals surface area contributed by atoms with E-state index >= 15 is 0 Å². The Morgan fingerprint density at radius 1 is 1.17 bits per heavy atom. The highest BCUT2D eigenvalue weighted by molar-refractivity contribution is 6.10. The fourth-order valence-corrected chi connectivity index (χ4v) is 5.37. The molecule has 36 heavy (non-hydrogen) atoms. The summed E-state index contributed by atoms with van der Waals surface area (Å²) in [4.78, 5) is 54.7. The molecule has 188 valence electrons. The molecule has 3 aliphatic rings. The quantitative estimate of drug-likeness (QED) is 0.519. The van der Waals surface area contributed by atoms with Crippen molar-refractivity contribution in [1.82, 2.24) is 20.4 Å². The van der Waals surface area contributed by atoms with Gasteiger partial charge in [0, 0.05) is 25.3 Å². The fourth-order valence-electron chi connectivity index (χ4n) is 5.37. The number of benzene rings is 2. The lowest BCUT2D eigenvalue weighted by Gasteiger charge is -2.31. The minimum Gasteiger partial charge on any atom is -0.341 e. The van der Waals surface area contributed by atoms with Crippen LogP contribution in [0.5, 0.6) is 0 Å². The van der Waals surface area contributed by atoms with Gasteiger partial charge in [0.25, 0.3) is 5.91 Å². The normalized spacial score (nSPS) is 21.2. The average Bonchev–Trinajstić information content (AvgIpc) is 3.63. The molecule has 0 aromatic heterocycles. The van der Waals surface area contributed by atoms with E-state index in [-0.39, 0.29) is 24.5 Å².